The molecule has 0 atom stereocenters. The van der Waals surface area contributed by atoms with Gasteiger partial charge in [-0.1, -0.05) is 83.6 Å². The highest BCUT2D eigenvalue weighted by Gasteiger charge is 2.32. The molecule has 3 aromatic rings. The highest BCUT2D eigenvalue weighted by Crippen LogP contribution is 2.38. The zero-order chi connectivity index (χ0) is 24.9. The van der Waals surface area contributed by atoms with E-state index < -0.39 is 0 Å². The van der Waals surface area contributed by atoms with Crippen molar-refractivity contribution in [3.8, 4) is 11.5 Å². The number of benzene rings is 3. The van der Waals surface area contributed by atoms with Gasteiger partial charge in [-0.05, 0) is 71.8 Å². The third-order valence-electron chi connectivity index (χ3n) is 5.29. The van der Waals surface area contributed by atoms with Crippen LogP contribution in [0.25, 0.3) is 6.08 Å². The second kappa shape index (κ2) is 11.8. The average molecular weight is 636 g/mol. The van der Waals surface area contributed by atoms with E-state index in [-0.39, 0.29) is 5.91 Å². The summed E-state index contributed by atoms with van der Waals surface area (Å²) in [5.41, 5.74) is 3.96. The molecule has 1 amide bonds. The van der Waals surface area contributed by atoms with Gasteiger partial charge < -0.3 is 9.47 Å². The molecule has 4 nitrogen and oxygen atoms in total. The standard InChI is InChI=1S/C27H23ClINO3S2/c1-3-32-23-13-19(12-22(29)25(23)33-16-20-6-4-5-7-21(20)28)14-24-26(31)30(27(34)35-24)15-18-10-8-17(2)9-11-18/h4-14H,3,15-16H2,1-2H3/b24-14-. The van der Waals surface area contributed by atoms with E-state index >= 15 is 0 Å². The lowest BCUT2D eigenvalue weighted by atomic mass is 10.1. The maximum Gasteiger partial charge on any atom is 0.266 e. The SMILES string of the molecule is CCOc1cc(/C=C2\SC(=S)N(Cc3ccc(C)cc3)C2=O)cc(I)c1OCc1ccccc1Cl. The second-order valence-corrected chi connectivity index (χ2v) is 11.1. The Morgan fingerprint density at radius 1 is 1.11 bits per heavy atom. The number of hydrogen-bond donors (Lipinski definition) is 0. The van der Waals surface area contributed by atoms with E-state index in [1.165, 1.54) is 17.3 Å². The lowest BCUT2D eigenvalue weighted by molar-refractivity contribution is -0.122. The van der Waals surface area contributed by atoms with Gasteiger partial charge in [-0.3, -0.25) is 9.69 Å². The first kappa shape index (κ1) is 26.0. The minimum atomic E-state index is -0.0902. The largest absolute Gasteiger partial charge is 0.490 e. The molecule has 1 aliphatic rings. The number of carbonyl (C=O) groups excluding carboxylic acids is 1. The van der Waals surface area contributed by atoms with Gasteiger partial charge in [-0.15, -0.1) is 0 Å². The minimum absolute atomic E-state index is 0.0902. The van der Waals surface area contributed by atoms with Gasteiger partial charge in [0, 0.05) is 10.6 Å². The monoisotopic (exact) mass is 635 g/mol. The first-order valence-electron chi connectivity index (χ1n) is 11.0. The summed E-state index contributed by atoms with van der Waals surface area (Å²) in [5.74, 6) is 1.18. The van der Waals surface area contributed by atoms with Gasteiger partial charge >= 0.3 is 0 Å². The molecule has 3 aromatic carbocycles. The normalized spacial score (nSPS) is 14.6. The van der Waals surface area contributed by atoms with Gasteiger partial charge in [-0.2, -0.15) is 0 Å². The molecule has 8 heteroatoms. The summed E-state index contributed by atoms with van der Waals surface area (Å²) in [6.07, 6.45) is 1.86. The maximum atomic E-state index is 13.1. The third-order valence-corrected chi connectivity index (χ3v) is 7.84. The molecule has 0 saturated carbocycles. The van der Waals surface area contributed by atoms with Crippen LogP contribution >= 0.6 is 58.2 Å². The van der Waals surface area contributed by atoms with Crippen LogP contribution in [0.5, 0.6) is 11.5 Å². The van der Waals surface area contributed by atoms with Crippen LogP contribution in [-0.2, 0) is 17.9 Å². The number of nitrogens with zero attached hydrogens (tertiary/aromatic N) is 1. The van der Waals surface area contributed by atoms with Crippen molar-refractivity contribution in [2.75, 3.05) is 6.61 Å². The number of aryl methyl sites for hydroxylation is 1. The highest BCUT2D eigenvalue weighted by atomic mass is 127. The Balaban J connectivity index is 1.55. The molecular weight excluding hydrogens is 613 g/mol. The predicted octanol–water partition coefficient (Wildman–Crippen LogP) is 7.63. The fourth-order valence-electron chi connectivity index (χ4n) is 3.50. The number of carbonyl (C=O) groups is 1. The van der Waals surface area contributed by atoms with E-state index in [0.717, 1.165) is 20.3 Å². The lowest BCUT2D eigenvalue weighted by Gasteiger charge is -2.15. The Labute approximate surface area is 233 Å². The van der Waals surface area contributed by atoms with Crippen LogP contribution < -0.4 is 9.47 Å². The topological polar surface area (TPSA) is 38.8 Å². The van der Waals surface area contributed by atoms with Crippen LogP contribution in [0.2, 0.25) is 5.02 Å². The van der Waals surface area contributed by atoms with Crippen molar-refractivity contribution >= 4 is 74.5 Å². The summed E-state index contributed by atoms with van der Waals surface area (Å²) >= 11 is 15.3. The summed E-state index contributed by atoms with van der Waals surface area (Å²) < 4.78 is 13.4. The molecule has 0 aliphatic carbocycles. The number of thiocarbonyl (C=S) groups is 1. The van der Waals surface area contributed by atoms with E-state index in [2.05, 4.69) is 22.6 Å². The van der Waals surface area contributed by atoms with Crippen molar-refractivity contribution in [2.45, 2.75) is 27.0 Å². The quantitative estimate of drug-likeness (QED) is 0.145. The maximum absolute atomic E-state index is 13.1. The number of thioether (sulfide) groups is 1. The van der Waals surface area contributed by atoms with Crippen LogP contribution in [0.1, 0.15) is 29.2 Å². The molecule has 1 heterocycles. The molecule has 0 bridgehead atoms. The summed E-state index contributed by atoms with van der Waals surface area (Å²) in [5, 5.41) is 0.657. The third kappa shape index (κ3) is 6.39. The molecule has 0 spiro atoms. The van der Waals surface area contributed by atoms with Gasteiger partial charge in [0.25, 0.3) is 5.91 Å². The van der Waals surface area contributed by atoms with Gasteiger partial charge in [0.2, 0.25) is 0 Å². The number of hydrogen-bond acceptors (Lipinski definition) is 5. The lowest BCUT2D eigenvalue weighted by Crippen LogP contribution is -2.27. The zero-order valence-electron chi connectivity index (χ0n) is 19.2. The first-order chi connectivity index (χ1) is 16.9. The molecule has 0 N–H and O–H groups in total. The van der Waals surface area contributed by atoms with Crippen LogP contribution in [-0.4, -0.2) is 21.7 Å². The Kier molecular flexibility index (Phi) is 8.75. The Morgan fingerprint density at radius 3 is 2.57 bits per heavy atom. The molecule has 1 aliphatic heterocycles. The van der Waals surface area contributed by atoms with Crippen LogP contribution in [0, 0.1) is 10.5 Å². The van der Waals surface area contributed by atoms with Gasteiger partial charge in [0.05, 0.1) is 21.6 Å². The molecule has 180 valence electrons. The van der Waals surface area contributed by atoms with Gasteiger partial charge in [0.1, 0.15) is 10.9 Å². The van der Waals surface area contributed by atoms with Crippen LogP contribution in [0.3, 0.4) is 0 Å². The first-order valence-corrected chi connectivity index (χ1v) is 13.7. The molecule has 0 unspecified atom stereocenters. The van der Waals surface area contributed by atoms with E-state index in [1.54, 1.807) is 4.90 Å². The second-order valence-electron chi connectivity index (χ2n) is 7.90. The molecule has 0 aromatic heterocycles. The van der Waals surface area contributed by atoms with Crippen molar-refractivity contribution in [3.63, 3.8) is 0 Å². The van der Waals surface area contributed by atoms with E-state index in [0.29, 0.717) is 45.5 Å². The Bertz CT molecular complexity index is 1290. The summed E-state index contributed by atoms with van der Waals surface area (Å²) in [6, 6.07) is 19.6. The Hall–Kier alpha value is -2.07. The molecule has 0 radical (unpaired) electrons. The Morgan fingerprint density at radius 2 is 1.86 bits per heavy atom. The summed E-state index contributed by atoms with van der Waals surface area (Å²) in [6.45, 7) is 5.23. The van der Waals surface area contributed by atoms with Gasteiger partial charge in [-0.25, -0.2) is 0 Å². The van der Waals surface area contributed by atoms with Crippen molar-refractivity contribution in [2.24, 2.45) is 0 Å². The number of ether oxygens (including phenoxy) is 2. The predicted molar refractivity (Wildman–Crippen MR) is 156 cm³/mol. The van der Waals surface area contributed by atoms with Crippen LogP contribution in [0.4, 0.5) is 0 Å². The fourth-order valence-corrected chi connectivity index (χ4v) is 5.73. The van der Waals surface area contributed by atoms with E-state index in [1.807, 2.05) is 80.6 Å². The van der Waals surface area contributed by atoms with Crippen molar-refractivity contribution in [1.29, 1.82) is 0 Å². The number of halogens is 2. The smallest absolute Gasteiger partial charge is 0.266 e. The number of rotatable bonds is 8. The molecule has 1 saturated heterocycles. The van der Waals surface area contributed by atoms with Crippen molar-refractivity contribution in [1.82, 2.24) is 4.90 Å². The van der Waals surface area contributed by atoms with Crippen molar-refractivity contribution in [3.05, 3.63) is 96.4 Å². The molecular formula is C27H23ClINO3S2. The molecule has 4 rings (SSSR count). The average Bonchev–Trinajstić information content (AvgIpc) is 3.08. The minimum Gasteiger partial charge on any atom is -0.490 e. The van der Waals surface area contributed by atoms with Crippen LogP contribution in [0.15, 0.2) is 65.6 Å². The molecule has 35 heavy (non-hydrogen) atoms. The number of amides is 1. The molecule has 1 fully saturated rings. The van der Waals surface area contributed by atoms with E-state index in [9.17, 15) is 4.79 Å². The zero-order valence-corrected chi connectivity index (χ0v) is 23.8. The highest BCUT2D eigenvalue weighted by molar-refractivity contribution is 14.1. The van der Waals surface area contributed by atoms with Gasteiger partial charge in [0.15, 0.2) is 11.5 Å². The summed E-state index contributed by atoms with van der Waals surface area (Å²) in [4.78, 5) is 15.4. The van der Waals surface area contributed by atoms with E-state index in [4.69, 9.17) is 33.3 Å². The summed E-state index contributed by atoms with van der Waals surface area (Å²) in [7, 11) is 0. The van der Waals surface area contributed by atoms with Crippen molar-refractivity contribution < 1.29 is 14.3 Å². The fraction of sp³-hybridized carbons (Fsp3) is 0.185.